The number of benzene rings is 4. The predicted molar refractivity (Wildman–Crippen MR) is 217 cm³/mol. The zero-order valence-corrected chi connectivity index (χ0v) is 32.3. The lowest BCUT2D eigenvalue weighted by molar-refractivity contribution is -0.253. The number of hydroxylamine groups is 1. The van der Waals surface area contributed by atoms with Gasteiger partial charge in [-0.3, -0.25) is 19.4 Å². The lowest BCUT2D eigenvalue weighted by Gasteiger charge is -2.40. The number of fused-ring (bicyclic) bond motifs is 1. The summed E-state index contributed by atoms with van der Waals surface area (Å²) in [4.78, 5) is 42.0. The average Bonchev–Trinajstić information content (AvgIpc) is 3.59. The lowest BCUT2D eigenvalue weighted by Crippen LogP contribution is -2.43. The number of nitrogens with one attached hydrogen (secondary N) is 3. The number of imidazole rings is 1. The van der Waals surface area contributed by atoms with Crippen molar-refractivity contribution in [1.82, 2.24) is 25.2 Å². The van der Waals surface area contributed by atoms with Crippen molar-refractivity contribution in [3.05, 3.63) is 130 Å². The number of piperidine rings is 1. The maximum atomic E-state index is 12.9. The molecular formula is C45H53N5O7. The molecule has 5 aromatic rings. The third kappa shape index (κ3) is 10.4. The van der Waals surface area contributed by atoms with Crippen LogP contribution >= 0.6 is 0 Å². The van der Waals surface area contributed by atoms with Crippen molar-refractivity contribution in [2.75, 3.05) is 19.6 Å². The molecule has 4 aromatic carbocycles. The van der Waals surface area contributed by atoms with E-state index in [9.17, 15) is 19.5 Å². The van der Waals surface area contributed by atoms with Gasteiger partial charge in [-0.1, -0.05) is 85.6 Å². The second-order valence-electron chi connectivity index (χ2n) is 15.3. The summed E-state index contributed by atoms with van der Waals surface area (Å²) in [5.74, 6) is -0.394. The van der Waals surface area contributed by atoms with Crippen LogP contribution in [0.15, 0.2) is 102 Å². The van der Waals surface area contributed by atoms with Gasteiger partial charge < -0.3 is 29.8 Å². The smallest absolute Gasteiger partial charge is 0.326 e. The van der Waals surface area contributed by atoms with Crippen molar-refractivity contribution in [3.8, 4) is 11.1 Å². The molecule has 300 valence electrons. The SMILES string of the molecule is O=C(CCCCCCC(=O)NCc1cccc(-c2cccc(C3OC(CN4CCC(n5c(=O)[nH]c6ccccc65)CC4)CC(c4ccc(CO)cc4)O3)c2)c1)NO. The fourth-order valence-electron chi connectivity index (χ4n) is 8.11. The molecule has 0 spiro atoms. The summed E-state index contributed by atoms with van der Waals surface area (Å²) in [6, 6.07) is 32.4. The van der Waals surface area contributed by atoms with Crippen molar-refractivity contribution in [1.29, 1.82) is 0 Å². The van der Waals surface area contributed by atoms with Crippen LogP contribution in [0.1, 0.15) is 98.5 Å². The lowest BCUT2D eigenvalue weighted by atomic mass is 9.97. The monoisotopic (exact) mass is 775 g/mol. The van der Waals surface area contributed by atoms with Crippen molar-refractivity contribution < 1.29 is 29.4 Å². The van der Waals surface area contributed by atoms with E-state index in [0.717, 1.165) is 96.2 Å². The third-order valence-electron chi connectivity index (χ3n) is 11.2. The molecular weight excluding hydrogens is 723 g/mol. The van der Waals surface area contributed by atoms with Crippen LogP contribution < -0.4 is 16.5 Å². The van der Waals surface area contributed by atoms with E-state index in [1.54, 1.807) is 5.48 Å². The molecule has 2 amide bonds. The summed E-state index contributed by atoms with van der Waals surface area (Å²) in [6.07, 6.45) is 5.35. The number of H-pyrrole nitrogens is 1. The molecule has 2 fully saturated rings. The van der Waals surface area contributed by atoms with Crippen LogP contribution in [0.3, 0.4) is 0 Å². The minimum atomic E-state index is -0.595. The first-order chi connectivity index (χ1) is 27.9. The number of rotatable bonds is 16. The number of amides is 2. The van der Waals surface area contributed by atoms with Crippen LogP contribution in [-0.4, -0.2) is 62.3 Å². The number of carbonyl (C=O) groups is 2. The quantitative estimate of drug-likeness (QED) is 0.0415. The highest BCUT2D eigenvalue weighted by Crippen LogP contribution is 2.39. The van der Waals surface area contributed by atoms with Gasteiger partial charge in [0.1, 0.15) is 0 Å². The number of hydrogen-bond acceptors (Lipinski definition) is 8. The van der Waals surface area contributed by atoms with E-state index in [0.29, 0.717) is 25.8 Å². The predicted octanol–water partition coefficient (Wildman–Crippen LogP) is 6.83. The molecule has 0 bridgehead atoms. The van der Waals surface area contributed by atoms with Crippen LogP contribution in [0.2, 0.25) is 0 Å². The van der Waals surface area contributed by atoms with Crippen LogP contribution in [0.25, 0.3) is 22.2 Å². The molecule has 0 aliphatic carbocycles. The van der Waals surface area contributed by atoms with Gasteiger partial charge in [0.05, 0.1) is 29.8 Å². The van der Waals surface area contributed by atoms with Crippen LogP contribution in [-0.2, 0) is 32.2 Å². The number of aromatic nitrogens is 2. The number of nitrogens with zero attached hydrogens (tertiary/aromatic N) is 2. The van der Waals surface area contributed by atoms with E-state index >= 15 is 0 Å². The molecule has 2 aliphatic heterocycles. The highest BCUT2D eigenvalue weighted by atomic mass is 16.7. The van der Waals surface area contributed by atoms with Gasteiger partial charge in [0, 0.05) is 57.0 Å². The van der Waals surface area contributed by atoms with Gasteiger partial charge in [-0.05, 0) is 77.8 Å². The Morgan fingerprint density at radius 3 is 2.25 bits per heavy atom. The molecule has 3 heterocycles. The Morgan fingerprint density at radius 1 is 0.772 bits per heavy atom. The zero-order valence-electron chi connectivity index (χ0n) is 32.3. The Bertz CT molecular complexity index is 2160. The van der Waals surface area contributed by atoms with Crippen LogP contribution in [0.4, 0.5) is 0 Å². The molecule has 5 N–H and O–H groups in total. The Morgan fingerprint density at radius 2 is 1.49 bits per heavy atom. The zero-order chi connectivity index (χ0) is 39.6. The Kier molecular flexibility index (Phi) is 13.6. The highest BCUT2D eigenvalue weighted by molar-refractivity contribution is 5.76. The molecule has 2 aliphatic rings. The molecule has 0 radical (unpaired) electrons. The number of aliphatic hydroxyl groups excluding tert-OH is 1. The number of aliphatic hydroxyl groups is 1. The molecule has 0 saturated carbocycles. The maximum absolute atomic E-state index is 12.9. The fraction of sp³-hybridized carbons (Fsp3) is 0.400. The van der Waals surface area contributed by atoms with Crippen molar-refractivity contribution >= 4 is 22.8 Å². The highest BCUT2D eigenvalue weighted by Gasteiger charge is 2.34. The Hall–Kier alpha value is -5.11. The standard InChI is InChI=1S/C45H53N5O7/c51-30-31-17-19-33(20-18-31)41-27-38(29-49-23-21-37(22-24-49)50-40-14-6-5-13-39(40)47-45(50)54)56-44(57-41)36-12-8-11-35(26-36)34-10-7-9-32(25-34)28-46-42(52)15-3-1-2-4-16-43(53)48-55/h5-14,17-20,25-26,37-38,41,44,51,55H,1-4,15-16,21-24,27-30H2,(H,46,52)(H,47,54)(H,48,53). The summed E-state index contributed by atoms with van der Waals surface area (Å²) in [5.41, 5.74) is 9.27. The molecule has 3 unspecified atom stereocenters. The first-order valence-corrected chi connectivity index (χ1v) is 20.2. The summed E-state index contributed by atoms with van der Waals surface area (Å²) in [7, 11) is 0. The molecule has 1 aromatic heterocycles. The van der Waals surface area contributed by atoms with Crippen molar-refractivity contribution in [3.63, 3.8) is 0 Å². The first kappa shape index (κ1) is 40.1. The molecule has 12 heteroatoms. The molecule has 3 atom stereocenters. The van der Waals surface area contributed by atoms with Crippen LogP contribution in [0, 0.1) is 0 Å². The number of aromatic amines is 1. The second-order valence-corrected chi connectivity index (χ2v) is 15.3. The number of unbranched alkanes of at least 4 members (excludes halogenated alkanes) is 3. The first-order valence-electron chi connectivity index (χ1n) is 20.2. The van der Waals surface area contributed by atoms with Gasteiger partial charge in [-0.15, -0.1) is 0 Å². The number of ether oxygens (including phenoxy) is 2. The Balaban J connectivity index is 0.990. The molecule has 12 nitrogen and oxygen atoms in total. The van der Waals surface area contributed by atoms with E-state index in [1.807, 2.05) is 77.4 Å². The van der Waals surface area contributed by atoms with Gasteiger partial charge in [0.25, 0.3) is 0 Å². The summed E-state index contributed by atoms with van der Waals surface area (Å²) in [5, 5.41) is 21.3. The number of hydrogen-bond donors (Lipinski definition) is 5. The van der Waals surface area contributed by atoms with Gasteiger partial charge >= 0.3 is 5.69 Å². The normalized spacial score (nSPS) is 19.1. The summed E-state index contributed by atoms with van der Waals surface area (Å²) in [6.45, 7) is 2.87. The molecule has 2 saturated heterocycles. The van der Waals surface area contributed by atoms with Gasteiger partial charge in [-0.25, -0.2) is 10.3 Å². The number of carbonyl (C=O) groups excluding carboxylic acids is 2. The number of para-hydroxylation sites is 2. The third-order valence-corrected chi connectivity index (χ3v) is 11.2. The summed E-state index contributed by atoms with van der Waals surface area (Å²) >= 11 is 0. The van der Waals surface area contributed by atoms with Crippen LogP contribution in [0.5, 0.6) is 0 Å². The minimum Gasteiger partial charge on any atom is -0.392 e. The fourth-order valence-corrected chi connectivity index (χ4v) is 8.11. The van der Waals surface area contributed by atoms with E-state index in [4.69, 9.17) is 14.7 Å². The minimum absolute atomic E-state index is 0.00801. The molecule has 57 heavy (non-hydrogen) atoms. The number of likely N-dealkylation sites (tertiary alicyclic amines) is 1. The average molecular weight is 776 g/mol. The van der Waals surface area contributed by atoms with E-state index in [-0.39, 0.29) is 48.8 Å². The van der Waals surface area contributed by atoms with Gasteiger partial charge in [0.2, 0.25) is 11.8 Å². The maximum Gasteiger partial charge on any atom is 0.326 e. The van der Waals surface area contributed by atoms with Crippen molar-refractivity contribution in [2.24, 2.45) is 0 Å². The van der Waals surface area contributed by atoms with Gasteiger partial charge in [0.15, 0.2) is 6.29 Å². The topological polar surface area (TPSA) is 158 Å². The molecule has 7 rings (SSSR count). The Labute approximate surface area is 332 Å². The van der Waals surface area contributed by atoms with Crippen molar-refractivity contribution in [2.45, 2.75) is 95.5 Å². The second kappa shape index (κ2) is 19.4. The van der Waals surface area contributed by atoms with E-state index in [2.05, 4.69) is 39.5 Å². The van der Waals surface area contributed by atoms with E-state index in [1.165, 1.54) is 0 Å². The van der Waals surface area contributed by atoms with E-state index < -0.39 is 6.29 Å². The largest absolute Gasteiger partial charge is 0.392 e. The summed E-state index contributed by atoms with van der Waals surface area (Å²) < 4.78 is 15.4. The van der Waals surface area contributed by atoms with Gasteiger partial charge in [-0.2, -0.15) is 0 Å².